The quantitative estimate of drug-likeness (QED) is 0.442. The van der Waals surface area contributed by atoms with Crippen LogP contribution >= 0.6 is 0 Å². The fourth-order valence-corrected chi connectivity index (χ4v) is 3.47. The summed E-state index contributed by atoms with van der Waals surface area (Å²) in [5.74, 6) is 0. The fourth-order valence-electron chi connectivity index (χ4n) is 2.52. The molecule has 0 saturated carbocycles. The van der Waals surface area contributed by atoms with E-state index in [2.05, 4.69) is 11.8 Å². The van der Waals surface area contributed by atoms with E-state index in [1.807, 2.05) is 32.0 Å². The molecule has 0 aliphatic rings. The zero-order valence-corrected chi connectivity index (χ0v) is 15.8. The van der Waals surface area contributed by atoms with Crippen LogP contribution in [0.15, 0.2) is 47.4 Å². The van der Waals surface area contributed by atoms with E-state index >= 15 is 0 Å². The number of nitrogens with zero attached hydrogens (tertiary/aromatic N) is 1. The first-order valence-corrected chi connectivity index (χ1v) is 9.81. The Bertz CT molecular complexity index is 802. The summed E-state index contributed by atoms with van der Waals surface area (Å²) in [6.45, 7) is 7.65. The van der Waals surface area contributed by atoms with Gasteiger partial charge in [0.1, 0.15) is 0 Å². The van der Waals surface area contributed by atoms with Crippen LogP contribution in [0.5, 0.6) is 0 Å². The summed E-state index contributed by atoms with van der Waals surface area (Å²) in [5, 5.41) is 0. The average molecular weight is 362 g/mol. The van der Waals surface area contributed by atoms with Crippen molar-refractivity contribution in [2.24, 2.45) is 0 Å². The van der Waals surface area contributed by atoms with Crippen molar-refractivity contribution in [3.05, 3.63) is 53.6 Å². The highest BCUT2D eigenvalue weighted by molar-refractivity contribution is 7.86. The molecule has 136 valence electrons. The third-order valence-electron chi connectivity index (χ3n) is 4.12. The Kier molecular flexibility index (Phi) is 6.45. The highest BCUT2D eigenvalue weighted by Crippen LogP contribution is 2.21. The van der Waals surface area contributed by atoms with Gasteiger partial charge in [0.15, 0.2) is 0 Å². The minimum absolute atomic E-state index is 0.153. The topological polar surface area (TPSA) is 72.6 Å². The number of nitrogen functional groups attached to an aromatic ring is 1. The maximum atomic E-state index is 12.2. The van der Waals surface area contributed by atoms with Crippen LogP contribution in [0.25, 0.3) is 0 Å². The lowest BCUT2D eigenvalue weighted by atomic mass is 10.1. The molecule has 2 N–H and O–H groups in total. The molecule has 0 saturated heterocycles. The number of rotatable bonds is 8. The highest BCUT2D eigenvalue weighted by Gasteiger charge is 2.15. The summed E-state index contributed by atoms with van der Waals surface area (Å²) in [7, 11) is -3.69. The fraction of sp³-hybridized carbons (Fsp3) is 0.368. The van der Waals surface area contributed by atoms with Crippen molar-refractivity contribution in [2.75, 3.05) is 30.3 Å². The second-order valence-corrected chi connectivity index (χ2v) is 7.68. The van der Waals surface area contributed by atoms with Gasteiger partial charge in [0.05, 0.1) is 11.5 Å². The van der Waals surface area contributed by atoms with Gasteiger partial charge in [-0.1, -0.05) is 17.7 Å². The predicted molar refractivity (Wildman–Crippen MR) is 102 cm³/mol. The third-order valence-corrected chi connectivity index (χ3v) is 5.45. The maximum absolute atomic E-state index is 12.2. The van der Waals surface area contributed by atoms with Crippen LogP contribution in [0.4, 0.5) is 11.4 Å². The van der Waals surface area contributed by atoms with Crippen LogP contribution in [-0.2, 0) is 14.3 Å². The molecule has 25 heavy (non-hydrogen) atoms. The van der Waals surface area contributed by atoms with Crippen LogP contribution in [0.1, 0.15) is 24.5 Å². The lowest BCUT2D eigenvalue weighted by Crippen LogP contribution is -2.25. The van der Waals surface area contributed by atoms with Crippen molar-refractivity contribution in [3.63, 3.8) is 0 Å². The van der Waals surface area contributed by atoms with Crippen molar-refractivity contribution in [1.82, 2.24) is 0 Å². The molecule has 0 amide bonds. The Morgan fingerprint density at radius 2 is 1.76 bits per heavy atom. The van der Waals surface area contributed by atoms with Crippen LogP contribution in [-0.4, -0.2) is 28.1 Å². The van der Waals surface area contributed by atoms with Gasteiger partial charge in [-0.3, -0.25) is 4.18 Å². The SMILES string of the molecule is CCN(CCCOS(=O)(=O)c1ccc(C)cc1)c1ccc(N)c(C)c1. The molecule has 0 fully saturated rings. The third kappa shape index (κ3) is 5.21. The number of anilines is 2. The summed E-state index contributed by atoms with van der Waals surface area (Å²) in [6, 6.07) is 12.6. The molecule has 0 atom stereocenters. The Hall–Kier alpha value is -2.05. The van der Waals surface area contributed by atoms with E-state index in [-0.39, 0.29) is 11.5 Å². The largest absolute Gasteiger partial charge is 0.399 e. The zero-order valence-electron chi connectivity index (χ0n) is 15.0. The van der Waals surface area contributed by atoms with Crippen molar-refractivity contribution in [2.45, 2.75) is 32.1 Å². The van der Waals surface area contributed by atoms with Crippen molar-refractivity contribution < 1.29 is 12.6 Å². The monoisotopic (exact) mass is 362 g/mol. The molecule has 0 aliphatic heterocycles. The van der Waals surface area contributed by atoms with Crippen LogP contribution in [0.3, 0.4) is 0 Å². The Morgan fingerprint density at radius 3 is 2.36 bits per heavy atom. The summed E-state index contributed by atoms with van der Waals surface area (Å²) in [5.41, 5.74) is 9.76. The molecule has 0 aromatic heterocycles. The van der Waals surface area contributed by atoms with Gasteiger partial charge in [-0.15, -0.1) is 0 Å². The number of benzene rings is 2. The Balaban J connectivity index is 1.90. The van der Waals surface area contributed by atoms with E-state index < -0.39 is 10.1 Å². The molecule has 2 rings (SSSR count). The minimum atomic E-state index is -3.69. The van der Waals surface area contributed by atoms with Gasteiger partial charge in [0.25, 0.3) is 10.1 Å². The van der Waals surface area contributed by atoms with Gasteiger partial charge in [-0.05, 0) is 63.1 Å². The first-order valence-electron chi connectivity index (χ1n) is 8.40. The summed E-state index contributed by atoms with van der Waals surface area (Å²) < 4.78 is 29.5. The van der Waals surface area contributed by atoms with E-state index in [0.717, 1.165) is 29.0 Å². The summed E-state index contributed by atoms with van der Waals surface area (Å²) in [4.78, 5) is 2.37. The maximum Gasteiger partial charge on any atom is 0.296 e. The standard InChI is InChI=1S/C19H26N2O3S/c1-4-21(17-8-11-19(20)16(3)14-17)12-5-13-24-25(22,23)18-9-6-15(2)7-10-18/h6-11,14H,4-5,12-13,20H2,1-3H3. The van der Waals surface area contributed by atoms with E-state index in [4.69, 9.17) is 9.92 Å². The molecule has 0 radical (unpaired) electrons. The van der Waals surface area contributed by atoms with Crippen LogP contribution in [0.2, 0.25) is 0 Å². The van der Waals surface area contributed by atoms with Gasteiger partial charge in [-0.25, -0.2) is 0 Å². The van der Waals surface area contributed by atoms with Gasteiger partial charge in [0, 0.05) is 24.5 Å². The number of aryl methyl sites for hydroxylation is 2. The van der Waals surface area contributed by atoms with Crippen molar-refractivity contribution in [3.8, 4) is 0 Å². The average Bonchev–Trinajstić information content (AvgIpc) is 2.58. The normalized spacial score (nSPS) is 11.5. The molecule has 5 nitrogen and oxygen atoms in total. The first-order chi connectivity index (χ1) is 11.8. The van der Waals surface area contributed by atoms with E-state index in [1.54, 1.807) is 24.3 Å². The van der Waals surface area contributed by atoms with Crippen LogP contribution < -0.4 is 10.6 Å². The molecular weight excluding hydrogens is 336 g/mol. The molecule has 0 bridgehead atoms. The van der Waals surface area contributed by atoms with Crippen LogP contribution in [0, 0.1) is 13.8 Å². The lowest BCUT2D eigenvalue weighted by Gasteiger charge is -2.23. The number of hydrogen-bond donors (Lipinski definition) is 1. The molecule has 0 unspecified atom stereocenters. The second-order valence-electron chi connectivity index (χ2n) is 6.06. The summed E-state index contributed by atoms with van der Waals surface area (Å²) in [6.07, 6.45) is 0.613. The van der Waals surface area contributed by atoms with Gasteiger partial charge in [0.2, 0.25) is 0 Å². The van der Waals surface area contributed by atoms with E-state index in [1.165, 1.54) is 0 Å². The van der Waals surface area contributed by atoms with E-state index in [9.17, 15) is 8.42 Å². The summed E-state index contributed by atoms with van der Waals surface area (Å²) >= 11 is 0. The molecule has 2 aromatic carbocycles. The predicted octanol–water partition coefficient (Wildman–Crippen LogP) is 3.51. The van der Waals surface area contributed by atoms with Gasteiger partial charge in [-0.2, -0.15) is 8.42 Å². The molecule has 0 aliphatic carbocycles. The number of nitrogens with two attached hydrogens (primary N) is 1. The Labute approximate surface area is 150 Å². The minimum Gasteiger partial charge on any atom is -0.399 e. The smallest absolute Gasteiger partial charge is 0.296 e. The lowest BCUT2D eigenvalue weighted by molar-refractivity contribution is 0.313. The Morgan fingerprint density at radius 1 is 1.08 bits per heavy atom. The van der Waals surface area contributed by atoms with Gasteiger partial charge >= 0.3 is 0 Å². The molecule has 6 heteroatoms. The molecule has 0 heterocycles. The molecule has 2 aromatic rings. The highest BCUT2D eigenvalue weighted by atomic mass is 32.2. The first kappa shape index (κ1) is 19.3. The zero-order chi connectivity index (χ0) is 18.4. The van der Waals surface area contributed by atoms with E-state index in [0.29, 0.717) is 13.0 Å². The van der Waals surface area contributed by atoms with Gasteiger partial charge < -0.3 is 10.6 Å². The van der Waals surface area contributed by atoms with Crippen molar-refractivity contribution >= 4 is 21.5 Å². The molecule has 0 spiro atoms. The second kappa shape index (κ2) is 8.36. The van der Waals surface area contributed by atoms with Crippen molar-refractivity contribution in [1.29, 1.82) is 0 Å². The molecular formula is C19H26N2O3S. The number of hydrogen-bond acceptors (Lipinski definition) is 5.